The minimum atomic E-state index is 0.752. The van der Waals surface area contributed by atoms with Crippen LogP contribution in [-0.2, 0) is 6.42 Å². The van der Waals surface area contributed by atoms with Crippen LogP contribution in [-0.4, -0.2) is 11.8 Å². The highest BCUT2D eigenvalue weighted by atomic mass is 32.2. The van der Waals surface area contributed by atoms with Gasteiger partial charge >= 0.3 is 0 Å². The standard InChI is InChI=1S/C14H21NS/c1-11-6-7-14(12(10-11)8-9-15)16-13-4-2-3-5-13/h6-7,10,13H,2-5,8-9,15H2,1H3. The van der Waals surface area contributed by atoms with Crippen molar-refractivity contribution < 1.29 is 0 Å². The van der Waals surface area contributed by atoms with Crippen molar-refractivity contribution in [3.05, 3.63) is 29.3 Å². The normalized spacial score (nSPS) is 16.9. The van der Waals surface area contributed by atoms with Gasteiger partial charge in [-0.3, -0.25) is 0 Å². The number of hydrogen-bond donors (Lipinski definition) is 1. The summed E-state index contributed by atoms with van der Waals surface area (Å²) in [7, 11) is 0. The molecule has 0 atom stereocenters. The topological polar surface area (TPSA) is 26.0 Å². The van der Waals surface area contributed by atoms with E-state index in [0.717, 1.165) is 18.2 Å². The van der Waals surface area contributed by atoms with Crippen LogP contribution in [0.25, 0.3) is 0 Å². The first-order valence-corrected chi connectivity index (χ1v) is 7.14. The summed E-state index contributed by atoms with van der Waals surface area (Å²) >= 11 is 2.07. The van der Waals surface area contributed by atoms with Gasteiger partial charge in [0.2, 0.25) is 0 Å². The fourth-order valence-corrected chi connectivity index (χ4v) is 3.75. The molecule has 16 heavy (non-hydrogen) atoms. The van der Waals surface area contributed by atoms with Crippen molar-refractivity contribution in [2.45, 2.75) is 49.2 Å². The molecule has 2 heteroatoms. The monoisotopic (exact) mass is 235 g/mol. The number of hydrogen-bond acceptors (Lipinski definition) is 2. The van der Waals surface area contributed by atoms with Crippen LogP contribution in [0.4, 0.5) is 0 Å². The molecule has 0 aromatic heterocycles. The van der Waals surface area contributed by atoms with E-state index in [9.17, 15) is 0 Å². The molecule has 2 N–H and O–H groups in total. The van der Waals surface area contributed by atoms with E-state index >= 15 is 0 Å². The molecule has 0 spiro atoms. The second-order valence-corrected chi connectivity index (χ2v) is 6.02. The number of benzene rings is 1. The van der Waals surface area contributed by atoms with Gasteiger partial charge in [0.05, 0.1) is 0 Å². The van der Waals surface area contributed by atoms with E-state index in [4.69, 9.17) is 5.73 Å². The average molecular weight is 235 g/mol. The molecular weight excluding hydrogens is 214 g/mol. The molecule has 0 bridgehead atoms. The number of nitrogens with two attached hydrogens (primary N) is 1. The molecule has 0 unspecified atom stereocenters. The molecule has 0 amide bonds. The van der Waals surface area contributed by atoms with Gasteiger partial charge in [0.15, 0.2) is 0 Å². The van der Waals surface area contributed by atoms with Crippen LogP contribution in [0.15, 0.2) is 23.1 Å². The lowest BCUT2D eigenvalue weighted by atomic mass is 10.1. The summed E-state index contributed by atoms with van der Waals surface area (Å²) in [5.74, 6) is 0. The summed E-state index contributed by atoms with van der Waals surface area (Å²) in [5.41, 5.74) is 8.47. The second kappa shape index (κ2) is 5.74. The summed E-state index contributed by atoms with van der Waals surface area (Å²) < 4.78 is 0. The maximum Gasteiger partial charge on any atom is 0.0107 e. The zero-order valence-corrected chi connectivity index (χ0v) is 10.9. The first-order valence-electron chi connectivity index (χ1n) is 6.26. The lowest BCUT2D eigenvalue weighted by molar-refractivity contribution is 0.886. The van der Waals surface area contributed by atoms with Crippen LogP contribution in [0.5, 0.6) is 0 Å². The Morgan fingerprint density at radius 1 is 1.31 bits per heavy atom. The molecule has 0 aliphatic heterocycles. The van der Waals surface area contributed by atoms with Crippen LogP contribution in [0, 0.1) is 6.92 Å². The van der Waals surface area contributed by atoms with Crippen LogP contribution in [0.2, 0.25) is 0 Å². The molecule has 0 radical (unpaired) electrons. The molecule has 0 saturated heterocycles. The summed E-state index contributed by atoms with van der Waals surface area (Å²) in [4.78, 5) is 1.46. The van der Waals surface area contributed by atoms with Gasteiger partial charge in [-0.25, -0.2) is 0 Å². The molecule has 1 aromatic rings. The Balaban J connectivity index is 2.11. The molecule has 1 aliphatic carbocycles. The first-order chi connectivity index (χ1) is 7.79. The minimum absolute atomic E-state index is 0.752. The quantitative estimate of drug-likeness (QED) is 0.864. The fourth-order valence-electron chi connectivity index (χ4n) is 2.36. The van der Waals surface area contributed by atoms with Crippen molar-refractivity contribution in [2.24, 2.45) is 5.73 Å². The highest BCUT2D eigenvalue weighted by Gasteiger charge is 2.17. The van der Waals surface area contributed by atoms with Crippen LogP contribution in [0.1, 0.15) is 36.8 Å². The number of thioether (sulfide) groups is 1. The van der Waals surface area contributed by atoms with Crippen LogP contribution >= 0.6 is 11.8 Å². The maximum absolute atomic E-state index is 5.68. The van der Waals surface area contributed by atoms with Gasteiger partial charge in [-0.2, -0.15) is 0 Å². The average Bonchev–Trinajstić information content (AvgIpc) is 2.75. The third-order valence-corrected chi connectivity index (χ3v) is 4.68. The third kappa shape index (κ3) is 3.02. The van der Waals surface area contributed by atoms with E-state index in [1.807, 2.05) is 0 Å². The van der Waals surface area contributed by atoms with Crippen molar-refractivity contribution in [3.63, 3.8) is 0 Å². The Kier molecular flexibility index (Phi) is 4.30. The molecule has 1 saturated carbocycles. The summed E-state index contributed by atoms with van der Waals surface area (Å²) in [6.45, 7) is 2.91. The zero-order chi connectivity index (χ0) is 11.4. The largest absolute Gasteiger partial charge is 0.330 e. The smallest absolute Gasteiger partial charge is 0.0107 e. The highest BCUT2D eigenvalue weighted by molar-refractivity contribution is 8.00. The predicted molar refractivity (Wildman–Crippen MR) is 72.1 cm³/mol. The summed E-state index contributed by atoms with van der Waals surface area (Å²) in [5, 5.41) is 0.847. The molecule has 88 valence electrons. The molecular formula is C14H21NS. The van der Waals surface area contributed by atoms with Gasteiger partial charge in [-0.1, -0.05) is 30.5 Å². The molecule has 1 aliphatic rings. The van der Waals surface area contributed by atoms with Crippen molar-refractivity contribution in [1.29, 1.82) is 0 Å². The summed E-state index contributed by atoms with van der Waals surface area (Å²) in [6.07, 6.45) is 6.61. The van der Waals surface area contributed by atoms with Gasteiger partial charge in [0, 0.05) is 10.1 Å². The highest BCUT2D eigenvalue weighted by Crippen LogP contribution is 2.36. The van der Waals surface area contributed by atoms with Gasteiger partial charge in [-0.05, 0) is 44.4 Å². The fraction of sp³-hybridized carbons (Fsp3) is 0.571. The SMILES string of the molecule is Cc1ccc(SC2CCCC2)c(CCN)c1. The lowest BCUT2D eigenvalue weighted by Gasteiger charge is -2.13. The van der Waals surface area contributed by atoms with E-state index in [2.05, 4.69) is 36.9 Å². The number of aryl methyl sites for hydroxylation is 1. The second-order valence-electron chi connectivity index (χ2n) is 4.67. The van der Waals surface area contributed by atoms with E-state index in [1.165, 1.54) is 41.7 Å². The summed E-state index contributed by atoms with van der Waals surface area (Å²) in [6, 6.07) is 6.80. The van der Waals surface area contributed by atoms with E-state index in [0.29, 0.717) is 0 Å². The Hall–Kier alpha value is -0.470. The molecule has 0 heterocycles. The first kappa shape index (κ1) is 12.0. The van der Waals surface area contributed by atoms with Gasteiger partial charge in [0.1, 0.15) is 0 Å². The third-order valence-electron chi connectivity index (χ3n) is 3.23. The van der Waals surface area contributed by atoms with Gasteiger partial charge < -0.3 is 5.73 Å². The zero-order valence-electron chi connectivity index (χ0n) is 10.0. The van der Waals surface area contributed by atoms with Crippen molar-refractivity contribution in [1.82, 2.24) is 0 Å². The Bertz CT molecular complexity index is 343. The Morgan fingerprint density at radius 2 is 2.06 bits per heavy atom. The van der Waals surface area contributed by atoms with Gasteiger partial charge in [0.25, 0.3) is 0 Å². The van der Waals surface area contributed by atoms with Crippen LogP contribution < -0.4 is 5.73 Å². The van der Waals surface area contributed by atoms with Crippen molar-refractivity contribution in [3.8, 4) is 0 Å². The molecule has 1 aromatic carbocycles. The maximum atomic E-state index is 5.68. The predicted octanol–water partition coefficient (Wildman–Crippen LogP) is 3.53. The van der Waals surface area contributed by atoms with Crippen molar-refractivity contribution in [2.75, 3.05) is 6.54 Å². The van der Waals surface area contributed by atoms with E-state index in [-0.39, 0.29) is 0 Å². The Morgan fingerprint density at radius 3 is 2.75 bits per heavy atom. The molecule has 1 fully saturated rings. The van der Waals surface area contributed by atoms with E-state index < -0.39 is 0 Å². The minimum Gasteiger partial charge on any atom is -0.330 e. The van der Waals surface area contributed by atoms with Crippen LogP contribution in [0.3, 0.4) is 0 Å². The molecule has 2 rings (SSSR count). The van der Waals surface area contributed by atoms with E-state index in [1.54, 1.807) is 0 Å². The number of rotatable bonds is 4. The van der Waals surface area contributed by atoms with Gasteiger partial charge in [-0.15, -0.1) is 11.8 Å². The lowest BCUT2D eigenvalue weighted by Crippen LogP contribution is -2.05. The van der Waals surface area contributed by atoms with Crippen molar-refractivity contribution >= 4 is 11.8 Å². The Labute approximate surface area is 103 Å². The molecule has 1 nitrogen and oxygen atoms in total.